The quantitative estimate of drug-likeness (QED) is 0.683. The van der Waals surface area contributed by atoms with Crippen molar-refractivity contribution in [1.29, 1.82) is 0 Å². The monoisotopic (exact) mass is 305 g/mol. The third-order valence-corrected chi connectivity index (χ3v) is 3.52. The molecule has 1 saturated heterocycles. The molecule has 1 rings (SSSR count). The van der Waals surface area contributed by atoms with Crippen LogP contribution in [0.5, 0.6) is 0 Å². The molecule has 1 aliphatic heterocycles. The fraction of sp³-hybridized carbons (Fsp3) is 1.00. The van der Waals surface area contributed by atoms with Crippen molar-refractivity contribution in [2.45, 2.75) is 64.3 Å². The van der Waals surface area contributed by atoms with Gasteiger partial charge in [0.15, 0.2) is 0 Å². The fourth-order valence-electron chi connectivity index (χ4n) is 2.84. The van der Waals surface area contributed by atoms with E-state index in [-0.39, 0.29) is 5.41 Å². The molecule has 0 amide bonds. The first-order valence-electron chi connectivity index (χ1n) is 6.40. The molecule has 0 bridgehead atoms. The normalized spacial score (nSPS) is 26.6. The first kappa shape index (κ1) is 17.6. The number of halogens is 6. The Hall–Kier alpha value is -0.460. The Balaban J connectivity index is 3.07. The molecule has 7 heteroatoms. The Morgan fingerprint density at radius 1 is 0.800 bits per heavy atom. The number of hydrogen-bond acceptors (Lipinski definition) is 1. The maximum atomic E-state index is 13.4. The highest BCUT2D eigenvalue weighted by Crippen LogP contribution is 2.51. The lowest BCUT2D eigenvalue weighted by Crippen LogP contribution is -2.70. The summed E-state index contributed by atoms with van der Waals surface area (Å²) in [6.07, 6.45) is 0.331. The molecule has 1 heterocycles. The molecule has 0 saturated carbocycles. The Labute approximate surface area is 115 Å². The number of piperidine rings is 1. The van der Waals surface area contributed by atoms with Gasteiger partial charge in [-0.2, -0.15) is 26.3 Å². The van der Waals surface area contributed by atoms with E-state index in [2.05, 4.69) is 0 Å². The second-order valence-corrected chi connectivity index (χ2v) is 7.39. The maximum absolute atomic E-state index is 13.4. The van der Waals surface area contributed by atoms with Gasteiger partial charge in [-0.1, -0.05) is 20.8 Å². The van der Waals surface area contributed by atoms with Crippen molar-refractivity contribution >= 4 is 0 Å². The minimum Gasteiger partial charge on any atom is -0.286 e. The first-order chi connectivity index (χ1) is 8.52. The smallest absolute Gasteiger partial charge is 0.286 e. The SMILES string of the molecule is CC(C)(C)CC(C)(C)N1CC(F)(F)C(F)(F)C(F)(F)C1. The summed E-state index contributed by atoms with van der Waals surface area (Å²) < 4.78 is 79.9. The summed E-state index contributed by atoms with van der Waals surface area (Å²) in [4.78, 5) is 0.773. The Morgan fingerprint density at radius 3 is 1.45 bits per heavy atom. The van der Waals surface area contributed by atoms with E-state index in [4.69, 9.17) is 0 Å². The maximum Gasteiger partial charge on any atom is 0.374 e. The molecule has 0 N–H and O–H groups in total. The van der Waals surface area contributed by atoms with Gasteiger partial charge in [0, 0.05) is 5.54 Å². The van der Waals surface area contributed by atoms with Crippen molar-refractivity contribution in [3.63, 3.8) is 0 Å². The van der Waals surface area contributed by atoms with E-state index < -0.39 is 36.4 Å². The molecule has 0 aromatic rings. The number of nitrogens with zero attached hydrogens (tertiary/aromatic N) is 1. The minimum absolute atomic E-state index is 0.298. The largest absolute Gasteiger partial charge is 0.374 e. The second-order valence-electron chi connectivity index (χ2n) is 7.39. The van der Waals surface area contributed by atoms with Crippen molar-refractivity contribution < 1.29 is 26.3 Å². The van der Waals surface area contributed by atoms with E-state index in [1.807, 2.05) is 20.8 Å². The number of hydrogen-bond donors (Lipinski definition) is 0. The van der Waals surface area contributed by atoms with Gasteiger partial charge >= 0.3 is 17.8 Å². The van der Waals surface area contributed by atoms with E-state index >= 15 is 0 Å². The average molecular weight is 305 g/mol. The fourth-order valence-corrected chi connectivity index (χ4v) is 2.84. The minimum atomic E-state index is -5.31. The van der Waals surface area contributed by atoms with Crippen molar-refractivity contribution in [2.24, 2.45) is 5.41 Å². The molecule has 1 nitrogen and oxygen atoms in total. The molecule has 0 atom stereocenters. The topological polar surface area (TPSA) is 3.24 Å². The van der Waals surface area contributed by atoms with Crippen molar-refractivity contribution in [3.8, 4) is 0 Å². The van der Waals surface area contributed by atoms with E-state index in [0.717, 1.165) is 4.90 Å². The van der Waals surface area contributed by atoms with Gasteiger partial charge in [0.2, 0.25) is 0 Å². The molecular weight excluding hydrogens is 284 g/mol. The van der Waals surface area contributed by atoms with Crippen LogP contribution in [0.15, 0.2) is 0 Å². The van der Waals surface area contributed by atoms with Crippen LogP contribution < -0.4 is 0 Å². The molecule has 1 aliphatic rings. The Kier molecular flexibility index (Phi) is 3.97. The summed E-state index contributed by atoms with van der Waals surface area (Å²) in [6, 6.07) is 0. The third-order valence-electron chi connectivity index (χ3n) is 3.52. The van der Waals surface area contributed by atoms with Crippen LogP contribution in [0.2, 0.25) is 0 Å². The molecule has 0 spiro atoms. The molecule has 0 radical (unpaired) electrons. The summed E-state index contributed by atoms with van der Waals surface area (Å²) in [5, 5.41) is 0. The van der Waals surface area contributed by atoms with Crippen molar-refractivity contribution in [2.75, 3.05) is 13.1 Å². The van der Waals surface area contributed by atoms with Crippen LogP contribution in [-0.2, 0) is 0 Å². The zero-order valence-corrected chi connectivity index (χ0v) is 12.3. The van der Waals surface area contributed by atoms with Gasteiger partial charge in [-0.25, -0.2) is 0 Å². The Bertz CT molecular complexity index is 350. The lowest BCUT2D eigenvalue weighted by atomic mass is 9.79. The summed E-state index contributed by atoms with van der Waals surface area (Å²) >= 11 is 0. The number of alkyl halides is 6. The van der Waals surface area contributed by atoms with Crippen LogP contribution in [0, 0.1) is 5.41 Å². The molecule has 120 valence electrons. The molecule has 1 fully saturated rings. The summed E-state index contributed by atoms with van der Waals surface area (Å²) in [5.74, 6) is -14.8. The van der Waals surface area contributed by atoms with E-state index in [1.165, 1.54) is 13.8 Å². The van der Waals surface area contributed by atoms with Crippen molar-refractivity contribution in [3.05, 3.63) is 0 Å². The summed E-state index contributed by atoms with van der Waals surface area (Å²) in [5.41, 5.74) is -1.32. The van der Waals surface area contributed by atoms with Gasteiger partial charge < -0.3 is 0 Å². The molecule has 0 aromatic heterocycles. The van der Waals surface area contributed by atoms with Gasteiger partial charge in [-0.15, -0.1) is 0 Å². The second kappa shape index (κ2) is 4.52. The summed E-state index contributed by atoms with van der Waals surface area (Å²) in [6.45, 7) is 5.83. The lowest BCUT2D eigenvalue weighted by molar-refractivity contribution is -0.345. The number of likely N-dealkylation sites (tertiary alicyclic amines) is 1. The van der Waals surface area contributed by atoms with Gasteiger partial charge in [0.05, 0.1) is 13.1 Å². The number of rotatable bonds is 2. The molecule has 20 heavy (non-hydrogen) atoms. The predicted molar refractivity (Wildman–Crippen MR) is 64.6 cm³/mol. The van der Waals surface area contributed by atoms with Gasteiger partial charge in [-0.3, -0.25) is 4.90 Å². The van der Waals surface area contributed by atoms with E-state index in [9.17, 15) is 26.3 Å². The molecule has 0 aromatic carbocycles. The zero-order chi connectivity index (χ0) is 16.2. The van der Waals surface area contributed by atoms with E-state index in [1.54, 1.807) is 0 Å². The highest BCUT2D eigenvalue weighted by molar-refractivity contribution is 5.06. The third kappa shape index (κ3) is 3.07. The van der Waals surface area contributed by atoms with E-state index in [0.29, 0.717) is 6.42 Å². The molecule has 0 unspecified atom stereocenters. The van der Waals surface area contributed by atoms with Gasteiger partial charge in [-0.05, 0) is 25.7 Å². The highest BCUT2D eigenvalue weighted by Gasteiger charge is 2.75. The standard InChI is InChI=1S/C13H21F6N/c1-9(2,3)6-10(4,5)20-7-11(14,15)13(18,19)12(16,17)8-20/h6-8H2,1-5H3. The van der Waals surface area contributed by atoms with Crippen LogP contribution in [0.3, 0.4) is 0 Å². The van der Waals surface area contributed by atoms with Crippen LogP contribution in [0.25, 0.3) is 0 Å². The Morgan fingerprint density at radius 2 is 1.15 bits per heavy atom. The zero-order valence-electron chi connectivity index (χ0n) is 12.3. The first-order valence-corrected chi connectivity index (χ1v) is 6.40. The van der Waals surface area contributed by atoms with Crippen molar-refractivity contribution in [1.82, 2.24) is 4.90 Å². The molecule has 0 aliphatic carbocycles. The molecular formula is C13H21F6N. The van der Waals surface area contributed by atoms with Crippen LogP contribution in [0.4, 0.5) is 26.3 Å². The van der Waals surface area contributed by atoms with Gasteiger partial charge in [0.25, 0.3) is 0 Å². The van der Waals surface area contributed by atoms with Gasteiger partial charge in [0.1, 0.15) is 0 Å². The summed E-state index contributed by atoms with van der Waals surface area (Å²) in [7, 11) is 0. The van der Waals surface area contributed by atoms with Crippen LogP contribution in [0.1, 0.15) is 41.0 Å². The predicted octanol–water partition coefficient (Wildman–Crippen LogP) is 4.42. The highest BCUT2D eigenvalue weighted by atomic mass is 19.3. The van der Waals surface area contributed by atoms with Crippen LogP contribution >= 0.6 is 0 Å². The lowest BCUT2D eigenvalue weighted by Gasteiger charge is -2.50. The van der Waals surface area contributed by atoms with Crippen LogP contribution in [-0.4, -0.2) is 41.3 Å². The average Bonchev–Trinajstić information content (AvgIpc) is 2.09.